The summed E-state index contributed by atoms with van der Waals surface area (Å²) in [5, 5.41) is 5.79. The van der Waals surface area contributed by atoms with Gasteiger partial charge in [-0.3, -0.25) is 9.59 Å². The van der Waals surface area contributed by atoms with Crippen LogP contribution >= 0.6 is 0 Å². The number of pyridine rings is 1. The largest absolute Gasteiger partial charge is 0.497 e. The third-order valence-electron chi connectivity index (χ3n) is 4.89. The summed E-state index contributed by atoms with van der Waals surface area (Å²) >= 11 is 0. The SMILES string of the molecule is COc1cc(C#Cc2ccccn2)cc(NC(=O)c2ccc3c(c2)CCCC(=O)N3)c1. The van der Waals surface area contributed by atoms with Crippen molar-refractivity contribution in [3.63, 3.8) is 0 Å². The van der Waals surface area contributed by atoms with Gasteiger partial charge in [0.2, 0.25) is 5.91 Å². The zero-order valence-electron chi connectivity index (χ0n) is 17.1. The molecule has 2 N–H and O–H groups in total. The van der Waals surface area contributed by atoms with Crippen molar-refractivity contribution < 1.29 is 14.3 Å². The zero-order chi connectivity index (χ0) is 21.6. The first-order valence-electron chi connectivity index (χ1n) is 9.97. The van der Waals surface area contributed by atoms with Gasteiger partial charge >= 0.3 is 0 Å². The number of anilines is 2. The molecule has 0 saturated heterocycles. The maximum absolute atomic E-state index is 12.9. The maximum atomic E-state index is 12.9. The first-order chi connectivity index (χ1) is 15.1. The maximum Gasteiger partial charge on any atom is 0.255 e. The van der Waals surface area contributed by atoms with Gasteiger partial charge in [-0.05, 0) is 66.8 Å². The zero-order valence-corrected chi connectivity index (χ0v) is 17.1. The second-order valence-electron chi connectivity index (χ2n) is 7.14. The molecule has 0 fully saturated rings. The summed E-state index contributed by atoms with van der Waals surface area (Å²) in [5.74, 6) is 6.42. The van der Waals surface area contributed by atoms with Gasteiger partial charge in [-0.1, -0.05) is 12.0 Å². The van der Waals surface area contributed by atoms with E-state index in [1.165, 1.54) is 0 Å². The lowest BCUT2D eigenvalue weighted by molar-refractivity contribution is -0.116. The summed E-state index contributed by atoms with van der Waals surface area (Å²) in [6.07, 6.45) is 3.69. The number of rotatable bonds is 3. The first kappa shape index (κ1) is 20.2. The number of benzene rings is 2. The fraction of sp³-hybridized carbons (Fsp3) is 0.160. The average Bonchev–Trinajstić information content (AvgIpc) is 2.98. The summed E-state index contributed by atoms with van der Waals surface area (Å²) in [4.78, 5) is 28.8. The number of amides is 2. The topological polar surface area (TPSA) is 80.3 Å². The number of aryl methyl sites for hydroxylation is 1. The molecule has 4 rings (SSSR count). The van der Waals surface area contributed by atoms with Gasteiger partial charge < -0.3 is 15.4 Å². The molecule has 0 aliphatic carbocycles. The van der Waals surface area contributed by atoms with Gasteiger partial charge in [-0.15, -0.1) is 0 Å². The Labute approximate surface area is 180 Å². The number of nitrogens with zero attached hydrogens (tertiary/aromatic N) is 1. The van der Waals surface area contributed by atoms with Crippen LogP contribution in [0.1, 0.15) is 40.0 Å². The van der Waals surface area contributed by atoms with E-state index in [-0.39, 0.29) is 11.8 Å². The van der Waals surface area contributed by atoms with Crippen LogP contribution in [0, 0.1) is 11.8 Å². The first-order valence-corrected chi connectivity index (χ1v) is 9.97. The predicted molar refractivity (Wildman–Crippen MR) is 119 cm³/mol. The third-order valence-corrected chi connectivity index (χ3v) is 4.89. The Morgan fingerprint density at radius 3 is 2.81 bits per heavy atom. The van der Waals surface area contributed by atoms with Gasteiger partial charge in [-0.2, -0.15) is 0 Å². The predicted octanol–water partition coefficient (Wildman–Crippen LogP) is 4.02. The van der Waals surface area contributed by atoms with E-state index >= 15 is 0 Å². The third kappa shape index (κ3) is 5.09. The molecule has 0 radical (unpaired) electrons. The Morgan fingerprint density at radius 1 is 1.10 bits per heavy atom. The normalized spacial score (nSPS) is 12.5. The molecule has 3 aromatic rings. The van der Waals surface area contributed by atoms with E-state index in [2.05, 4.69) is 27.5 Å². The van der Waals surface area contributed by atoms with E-state index in [9.17, 15) is 9.59 Å². The number of aromatic nitrogens is 1. The van der Waals surface area contributed by atoms with E-state index in [0.29, 0.717) is 34.7 Å². The Morgan fingerprint density at radius 2 is 2.00 bits per heavy atom. The highest BCUT2D eigenvalue weighted by Gasteiger charge is 2.15. The lowest BCUT2D eigenvalue weighted by Gasteiger charge is -2.11. The Bertz CT molecular complexity index is 1190. The highest BCUT2D eigenvalue weighted by molar-refractivity contribution is 6.05. The minimum Gasteiger partial charge on any atom is -0.497 e. The van der Waals surface area contributed by atoms with Gasteiger partial charge in [0.1, 0.15) is 11.4 Å². The minimum atomic E-state index is -0.240. The highest BCUT2D eigenvalue weighted by atomic mass is 16.5. The van der Waals surface area contributed by atoms with E-state index < -0.39 is 0 Å². The summed E-state index contributed by atoms with van der Waals surface area (Å²) in [6, 6.07) is 16.2. The molecular formula is C25H21N3O3. The number of nitrogens with one attached hydrogen (secondary N) is 2. The van der Waals surface area contributed by atoms with Gasteiger partial charge in [0.25, 0.3) is 5.91 Å². The molecule has 0 saturated carbocycles. The smallest absolute Gasteiger partial charge is 0.255 e. The van der Waals surface area contributed by atoms with Crippen LogP contribution in [-0.4, -0.2) is 23.9 Å². The molecule has 31 heavy (non-hydrogen) atoms. The lowest BCUT2D eigenvalue weighted by Crippen LogP contribution is -2.13. The molecule has 2 aromatic carbocycles. The quantitative estimate of drug-likeness (QED) is 0.638. The summed E-state index contributed by atoms with van der Waals surface area (Å²) in [6.45, 7) is 0. The van der Waals surface area contributed by atoms with Gasteiger partial charge in [0, 0.05) is 41.2 Å². The van der Waals surface area contributed by atoms with Gasteiger partial charge in [0.15, 0.2) is 0 Å². The molecule has 0 unspecified atom stereocenters. The molecule has 1 aliphatic heterocycles. The second-order valence-corrected chi connectivity index (χ2v) is 7.14. The molecule has 0 atom stereocenters. The van der Waals surface area contributed by atoms with E-state index in [1.807, 2.05) is 24.3 Å². The fourth-order valence-corrected chi connectivity index (χ4v) is 3.35. The van der Waals surface area contributed by atoms with Crippen molar-refractivity contribution in [1.82, 2.24) is 4.98 Å². The number of ether oxygens (including phenoxy) is 1. The van der Waals surface area contributed by atoms with Crippen molar-refractivity contribution in [3.8, 4) is 17.6 Å². The van der Waals surface area contributed by atoms with Crippen molar-refractivity contribution in [2.75, 3.05) is 17.7 Å². The number of hydrogen-bond donors (Lipinski definition) is 2. The van der Waals surface area contributed by atoms with Crippen LogP contribution in [0.5, 0.6) is 5.75 Å². The summed E-state index contributed by atoms with van der Waals surface area (Å²) in [7, 11) is 1.57. The Hall–Kier alpha value is -4.11. The molecule has 1 aliphatic rings. The van der Waals surface area contributed by atoms with Crippen molar-refractivity contribution >= 4 is 23.2 Å². The lowest BCUT2D eigenvalue weighted by atomic mass is 10.0. The number of carbonyl (C=O) groups is 2. The summed E-state index contributed by atoms with van der Waals surface area (Å²) in [5.41, 5.74) is 4.20. The molecule has 2 amide bonds. The van der Waals surface area contributed by atoms with Crippen LogP contribution in [0.3, 0.4) is 0 Å². The van der Waals surface area contributed by atoms with E-state index in [0.717, 1.165) is 24.1 Å². The molecule has 2 heterocycles. The molecule has 0 bridgehead atoms. The van der Waals surface area contributed by atoms with Crippen LogP contribution in [-0.2, 0) is 11.2 Å². The van der Waals surface area contributed by atoms with Gasteiger partial charge in [0.05, 0.1) is 7.11 Å². The average molecular weight is 411 g/mol. The van der Waals surface area contributed by atoms with Crippen LogP contribution in [0.4, 0.5) is 11.4 Å². The number of methoxy groups -OCH3 is 1. The molecule has 154 valence electrons. The Balaban J connectivity index is 1.56. The molecule has 1 aromatic heterocycles. The van der Waals surface area contributed by atoms with Crippen molar-refractivity contribution in [2.24, 2.45) is 0 Å². The van der Waals surface area contributed by atoms with E-state index in [1.54, 1.807) is 43.6 Å². The Kier molecular flexibility index (Phi) is 5.95. The molecule has 0 spiro atoms. The van der Waals surface area contributed by atoms with Crippen LogP contribution in [0.2, 0.25) is 0 Å². The van der Waals surface area contributed by atoms with Crippen LogP contribution in [0.15, 0.2) is 60.8 Å². The minimum absolute atomic E-state index is 0.00618. The number of carbonyl (C=O) groups excluding carboxylic acids is 2. The van der Waals surface area contributed by atoms with Crippen LogP contribution < -0.4 is 15.4 Å². The second kappa shape index (κ2) is 9.14. The highest BCUT2D eigenvalue weighted by Crippen LogP contribution is 2.25. The van der Waals surface area contributed by atoms with Crippen molar-refractivity contribution in [2.45, 2.75) is 19.3 Å². The van der Waals surface area contributed by atoms with Gasteiger partial charge in [-0.25, -0.2) is 4.98 Å². The monoisotopic (exact) mass is 411 g/mol. The molecular weight excluding hydrogens is 390 g/mol. The molecule has 6 heteroatoms. The van der Waals surface area contributed by atoms with Crippen molar-refractivity contribution in [1.29, 1.82) is 0 Å². The van der Waals surface area contributed by atoms with Crippen molar-refractivity contribution in [3.05, 3.63) is 83.2 Å². The molecule has 6 nitrogen and oxygen atoms in total. The standard InChI is InChI=1S/C25H21N3O3/c1-31-22-14-17(8-10-20-6-2-3-12-26-20)13-21(16-22)27-25(30)19-9-11-23-18(15-19)5-4-7-24(29)28-23/h2-3,6,9,11-16H,4-5,7H2,1H3,(H,27,30)(H,28,29). The number of hydrogen-bond acceptors (Lipinski definition) is 4. The number of fused-ring (bicyclic) bond motifs is 1. The summed E-state index contributed by atoms with van der Waals surface area (Å²) < 4.78 is 5.36. The van der Waals surface area contributed by atoms with Crippen LogP contribution in [0.25, 0.3) is 0 Å². The fourth-order valence-electron chi connectivity index (χ4n) is 3.35. The van der Waals surface area contributed by atoms with E-state index in [4.69, 9.17) is 4.74 Å².